The number of aryl methyl sites for hydroxylation is 1. The van der Waals surface area contributed by atoms with Gasteiger partial charge in [0, 0.05) is 25.6 Å². The minimum absolute atomic E-state index is 0.0564. The molecule has 1 aliphatic heterocycles. The normalized spacial score (nSPS) is 17.7. The molecule has 3 heterocycles. The number of fused-ring (bicyclic) bond motifs is 1. The van der Waals surface area contributed by atoms with Crippen LogP contribution in [0.2, 0.25) is 0 Å². The van der Waals surface area contributed by atoms with Crippen molar-refractivity contribution in [1.82, 2.24) is 15.2 Å². The van der Waals surface area contributed by atoms with E-state index < -0.39 is 17.8 Å². The summed E-state index contributed by atoms with van der Waals surface area (Å²) >= 11 is 0. The molecule has 2 N–H and O–H groups in total. The van der Waals surface area contributed by atoms with Crippen molar-refractivity contribution in [2.24, 2.45) is 0 Å². The van der Waals surface area contributed by atoms with Gasteiger partial charge in [0.15, 0.2) is 5.82 Å². The summed E-state index contributed by atoms with van der Waals surface area (Å²) in [4.78, 5) is 17.6. The van der Waals surface area contributed by atoms with Crippen molar-refractivity contribution in [3.8, 4) is 0 Å². The molecule has 10 heteroatoms. The molecule has 0 saturated carbocycles. The Morgan fingerprint density at radius 2 is 2.06 bits per heavy atom. The predicted molar refractivity (Wildman–Crippen MR) is 116 cm³/mol. The molecule has 0 bridgehead atoms. The molecule has 1 aliphatic rings. The zero-order chi connectivity index (χ0) is 23.0. The van der Waals surface area contributed by atoms with Gasteiger partial charge in [-0.2, -0.15) is 18.3 Å². The van der Waals surface area contributed by atoms with Gasteiger partial charge in [0.25, 0.3) is 5.56 Å². The number of alkyl halides is 3. The zero-order valence-electron chi connectivity index (χ0n) is 18.0. The number of halogens is 3. The number of nitrogens with zero attached hydrogens (tertiary/aromatic N) is 3. The topological polar surface area (TPSA) is 83.1 Å². The lowest BCUT2D eigenvalue weighted by molar-refractivity contribution is -0.137. The molecule has 0 radical (unpaired) electrons. The highest BCUT2D eigenvalue weighted by atomic mass is 19.4. The van der Waals surface area contributed by atoms with E-state index >= 15 is 0 Å². The SMILES string of the molecule is CO[C@H]1CCN(c2cc3c(N[C@H](C)c4cccc(C(F)(F)F)c4)nnc(C)c3[nH]c2=O)C1. The second kappa shape index (κ2) is 8.42. The van der Waals surface area contributed by atoms with E-state index in [1.165, 1.54) is 6.07 Å². The quantitative estimate of drug-likeness (QED) is 0.614. The number of benzene rings is 1. The smallest absolute Gasteiger partial charge is 0.380 e. The van der Waals surface area contributed by atoms with Crippen molar-refractivity contribution in [2.45, 2.75) is 38.6 Å². The Morgan fingerprint density at radius 3 is 2.75 bits per heavy atom. The lowest BCUT2D eigenvalue weighted by Gasteiger charge is -2.20. The second-order valence-corrected chi connectivity index (χ2v) is 7.99. The highest BCUT2D eigenvalue weighted by molar-refractivity contribution is 5.92. The van der Waals surface area contributed by atoms with Crippen molar-refractivity contribution >= 4 is 22.4 Å². The van der Waals surface area contributed by atoms with Gasteiger partial charge in [0.2, 0.25) is 0 Å². The fourth-order valence-corrected chi connectivity index (χ4v) is 3.97. The maximum absolute atomic E-state index is 13.1. The van der Waals surface area contributed by atoms with E-state index in [4.69, 9.17) is 4.74 Å². The van der Waals surface area contributed by atoms with E-state index in [2.05, 4.69) is 20.5 Å². The van der Waals surface area contributed by atoms with E-state index in [-0.39, 0.29) is 11.7 Å². The number of aromatic nitrogens is 3. The Kier molecular flexibility index (Phi) is 5.81. The van der Waals surface area contributed by atoms with Gasteiger partial charge in [-0.25, -0.2) is 0 Å². The van der Waals surface area contributed by atoms with Gasteiger partial charge in [-0.15, -0.1) is 5.10 Å². The van der Waals surface area contributed by atoms with E-state index in [0.717, 1.165) is 18.6 Å². The van der Waals surface area contributed by atoms with Crippen LogP contribution in [0.3, 0.4) is 0 Å². The summed E-state index contributed by atoms with van der Waals surface area (Å²) in [6.07, 6.45) is -3.55. The fourth-order valence-electron chi connectivity index (χ4n) is 3.97. The molecule has 1 saturated heterocycles. The zero-order valence-corrected chi connectivity index (χ0v) is 18.0. The summed E-state index contributed by atoms with van der Waals surface area (Å²) in [6.45, 7) is 4.78. The third-order valence-corrected chi connectivity index (χ3v) is 5.82. The molecule has 2 aromatic heterocycles. The second-order valence-electron chi connectivity index (χ2n) is 7.99. The molecule has 0 unspecified atom stereocenters. The summed E-state index contributed by atoms with van der Waals surface area (Å²) in [7, 11) is 1.65. The third kappa shape index (κ3) is 4.27. The monoisotopic (exact) mass is 447 g/mol. The molecule has 1 fully saturated rings. The third-order valence-electron chi connectivity index (χ3n) is 5.82. The first-order valence-electron chi connectivity index (χ1n) is 10.3. The maximum atomic E-state index is 13.1. The van der Waals surface area contributed by atoms with Crippen molar-refractivity contribution < 1.29 is 17.9 Å². The number of anilines is 2. The van der Waals surface area contributed by atoms with Gasteiger partial charge >= 0.3 is 6.18 Å². The molecule has 0 spiro atoms. The van der Waals surface area contributed by atoms with Gasteiger partial charge in [-0.1, -0.05) is 12.1 Å². The van der Waals surface area contributed by atoms with Crippen LogP contribution >= 0.6 is 0 Å². The minimum atomic E-state index is -4.42. The molecule has 170 valence electrons. The van der Waals surface area contributed by atoms with E-state index in [1.807, 2.05) is 4.90 Å². The number of rotatable bonds is 5. The number of methoxy groups -OCH3 is 1. The Hall–Kier alpha value is -3.14. The molecule has 0 aliphatic carbocycles. The summed E-state index contributed by atoms with van der Waals surface area (Å²) in [5.41, 5.74) is 1.10. The maximum Gasteiger partial charge on any atom is 0.416 e. The Bertz CT molecular complexity index is 1190. The molecule has 0 amide bonds. The Labute approximate surface area is 182 Å². The average Bonchev–Trinajstić information content (AvgIpc) is 3.24. The summed E-state index contributed by atoms with van der Waals surface area (Å²) in [6, 6.07) is 6.44. The van der Waals surface area contributed by atoms with Crippen LogP contribution in [-0.2, 0) is 10.9 Å². The molecule has 1 aromatic carbocycles. The van der Waals surface area contributed by atoms with Crippen molar-refractivity contribution in [1.29, 1.82) is 0 Å². The van der Waals surface area contributed by atoms with Crippen molar-refractivity contribution in [3.63, 3.8) is 0 Å². The highest BCUT2D eigenvalue weighted by Crippen LogP contribution is 2.32. The molecule has 3 aromatic rings. The van der Waals surface area contributed by atoms with Gasteiger partial charge in [0.05, 0.1) is 28.9 Å². The number of hydrogen-bond acceptors (Lipinski definition) is 6. The molecule has 2 atom stereocenters. The molecule has 32 heavy (non-hydrogen) atoms. The van der Waals surface area contributed by atoms with Crippen LogP contribution in [0.4, 0.5) is 24.7 Å². The van der Waals surface area contributed by atoms with Gasteiger partial charge in [0.1, 0.15) is 5.69 Å². The summed E-state index contributed by atoms with van der Waals surface area (Å²) in [5, 5.41) is 12.1. The fraction of sp³-hybridized carbons (Fsp3) is 0.409. The standard InChI is InChI=1S/C22H24F3N5O2/c1-12(14-5-4-6-15(9-14)22(23,24)25)26-20-17-10-18(30-8-7-16(11-30)32-3)21(31)27-19(17)13(2)28-29-20/h4-6,9-10,12,16H,7-8,11H2,1-3H3,(H,26,29)(H,27,31)/t12-,16+/m1/s1. The van der Waals surface area contributed by atoms with Gasteiger partial charge in [-0.05, 0) is 44.0 Å². The summed E-state index contributed by atoms with van der Waals surface area (Å²) in [5.74, 6) is 0.385. The van der Waals surface area contributed by atoms with Crippen LogP contribution in [0.15, 0.2) is 35.1 Å². The van der Waals surface area contributed by atoms with Crippen LogP contribution in [-0.4, -0.2) is 41.5 Å². The average molecular weight is 447 g/mol. The number of hydrogen-bond donors (Lipinski definition) is 2. The minimum Gasteiger partial charge on any atom is -0.380 e. The largest absolute Gasteiger partial charge is 0.416 e. The first kappa shape index (κ1) is 22.1. The molecule has 4 rings (SSSR count). The van der Waals surface area contributed by atoms with Gasteiger partial charge in [-0.3, -0.25) is 4.79 Å². The first-order chi connectivity index (χ1) is 15.2. The Morgan fingerprint density at radius 1 is 1.28 bits per heavy atom. The van der Waals surface area contributed by atoms with Crippen LogP contribution < -0.4 is 15.8 Å². The predicted octanol–water partition coefficient (Wildman–Crippen LogP) is 4.04. The number of nitrogens with one attached hydrogen (secondary N) is 2. The first-order valence-corrected chi connectivity index (χ1v) is 10.3. The number of pyridine rings is 1. The Balaban J connectivity index is 1.71. The van der Waals surface area contributed by atoms with E-state index in [0.29, 0.717) is 46.8 Å². The van der Waals surface area contributed by atoms with Crippen LogP contribution in [0.25, 0.3) is 10.9 Å². The number of aromatic amines is 1. The van der Waals surface area contributed by atoms with Crippen LogP contribution in [0.1, 0.15) is 36.2 Å². The number of ether oxygens (including phenoxy) is 1. The lowest BCUT2D eigenvalue weighted by Crippen LogP contribution is -2.28. The van der Waals surface area contributed by atoms with Crippen molar-refractivity contribution in [2.75, 3.05) is 30.4 Å². The molecule has 7 nitrogen and oxygen atoms in total. The van der Waals surface area contributed by atoms with E-state index in [1.54, 1.807) is 33.1 Å². The molecular formula is C22H24F3N5O2. The molecular weight excluding hydrogens is 423 g/mol. The van der Waals surface area contributed by atoms with E-state index in [9.17, 15) is 18.0 Å². The van der Waals surface area contributed by atoms with Crippen LogP contribution in [0, 0.1) is 6.92 Å². The lowest BCUT2D eigenvalue weighted by atomic mass is 10.0. The van der Waals surface area contributed by atoms with Crippen LogP contribution in [0.5, 0.6) is 0 Å². The highest BCUT2D eigenvalue weighted by Gasteiger charge is 2.31. The summed E-state index contributed by atoms with van der Waals surface area (Å²) < 4.78 is 44.7. The van der Waals surface area contributed by atoms with Gasteiger partial charge < -0.3 is 19.9 Å². The number of H-pyrrole nitrogens is 1. The van der Waals surface area contributed by atoms with Crippen molar-refractivity contribution in [3.05, 3.63) is 57.5 Å².